The normalized spacial score (nSPS) is 10.3. The van der Waals surface area contributed by atoms with Crippen LogP contribution in [0.25, 0.3) is 11.1 Å². The van der Waals surface area contributed by atoms with Crippen molar-refractivity contribution in [1.82, 2.24) is 5.32 Å². The predicted octanol–water partition coefficient (Wildman–Crippen LogP) is 3.64. The number of carbonyl (C=O) groups is 1. The second-order valence-corrected chi connectivity index (χ2v) is 4.93. The van der Waals surface area contributed by atoms with E-state index in [1.165, 1.54) is 22.3 Å². The molecule has 1 N–H and O–H groups in total. The Morgan fingerprint density at radius 2 is 1.63 bits per heavy atom. The molecule has 0 atom stereocenters. The van der Waals surface area contributed by atoms with Crippen LogP contribution in [0.15, 0.2) is 36.4 Å². The van der Waals surface area contributed by atoms with Gasteiger partial charge in [-0.3, -0.25) is 4.79 Å². The van der Waals surface area contributed by atoms with Crippen LogP contribution >= 0.6 is 0 Å². The average Bonchev–Trinajstić information content (AvgIpc) is 2.37. The number of aryl methyl sites for hydroxylation is 3. The molecular formula is C17H19NO. The van der Waals surface area contributed by atoms with Crippen molar-refractivity contribution in [2.75, 3.05) is 7.05 Å². The minimum absolute atomic E-state index is 0.0516. The van der Waals surface area contributed by atoms with Gasteiger partial charge in [-0.25, -0.2) is 0 Å². The van der Waals surface area contributed by atoms with Gasteiger partial charge in [-0.1, -0.05) is 29.8 Å². The maximum absolute atomic E-state index is 11.7. The molecule has 0 aliphatic rings. The van der Waals surface area contributed by atoms with Gasteiger partial charge in [0, 0.05) is 12.6 Å². The first kappa shape index (κ1) is 13.3. The van der Waals surface area contributed by atoms with Gasteiger partial charge in [-0.05, 0) is 55.2 Å². The minimum atomic E-state index is -0.0516. The molecule has 0 aliphatic carbocycles. The molecular weight excluding hydrogens is 234 g/mol. The van der Waals surface area contributed by atoms with E-state index in [0.29, 0.717) is 5.56 Å². The molecule has 0 spiro atoms. The fraction of sp³-hybridized carbons (Fsp3) is 0.235. The van der Waals surface area contributed by atoms with Crippen molar-refractivity contribution in [2.45, 2.75) is 20.8 Å². The standard InChI is InChI=1S/C17H19NO/c1-11-8-12(2)16(13(3)9-11)14-6-5-7-15(10-14)17(19)18-4/h5-10H,1-4H3,(H,18,19). The Morgan fingerprint density at radius 3 is 2.21 bits per heavy atom. The lowest BCUT2D eigenvalue weighted by Gasteiger charge is -2.12. The van der Waals surface area contributed by atoms with Gasteiger partial charge in [-0.2, -0.15) is 0 Å². The molecule has 0 aromatic heterocycles. The van der Waals surface area contributed by atoms with Crippen molar-refractivity contribution in [3.05, 3.63) is 58.7 Å². The first-order chi connectivity index (χ1) is 9.02. The van der Waals surface area contributed by atoms with E-state index in [1.807, 2.05) is 18.2 Å². The summed E-state index contributed by atoms with van der Waals surface area (Å²) >= 11 is 0. The highest BCUT2D eigenvalue weighted by Gasteiger charge is 2.09. The van der Waals surface area contributed by atoms with Crippen LogP contribution in [0.3, 0.4) is 0 Å². The van der Waals surface area contributed by atoms with Crippen molar-refractivity contribution in [2.24, 2.45) is 0 Å². The molecule has 0 fully saturated rings. The lowest BCUT2D eigenvalue weighted by atomic mass is 9.93. The molecule has 1 amide bonds. The van der Waals surface area contributed by atoms with Crippen molar-refractivity contribution in [1.29, 1.82) is 0 Å². The first-order valence-corrected chi connectivity index (χ1v) is 6.43. The largest absolute Gasteiger partial charge is 0.355 e. The molecule has 0 unspecified atom stereocenters. The van der Waals surface area contributed by atoms with Gasteiger partial charge < -0.3 is 5.32 Å². The Labute approximate surface area is 114 Å². The van der Waals surface area contributed by atoms with Gasteiger partial charge in [0.1, 0.15) is 0 Å². The average molecular weight is 253 g/mol. The lowest BCUT2D eigenvalue weighted by Crippen LogP contribution is -2.17. The van der Waals surface area contributed by atoms with Crippen molar-refractivity contribution >= 4 is 5.91 Å². The highest BCUT2D eigenvalue weighted by Crippen LogP contribution is 2.28. The van der Waals surface area contributed by atoms with Crippen LogP contribution in [-0.4, -0.2) is 13.0 Å². The number of rotatable bonds is 2. The zero-order valence-corrected chi connectivity index (χ0v) is 11.9. The maximum Gasteiger partial charge on any atom is 0.251 e. The number of benzene rings is 2. The zero-order valence-electron chi connectivity index (χ0n) is 11.9. The molecule has 2 aromatic carbocycles. The van der Waals surface area contributed by atoms with Gasteiger partial charge in [0.2, 0.25) is 0 Å². The molecule has 0 bridgehead atoms. The molecule has 0 saturated heterocycles. The highest BCUT2D eigenvalue weighted by molar-refractivity contribution is 5.95. The molecule has 98 valence electrons. The van der Waals surface area contributed by atoms with Gasteiger partial charge >= 0.3 is 0 Å². The summed E-state index contributed by atoms with van der Waals surface area (Å²) in [4.78, 5) is 11.7. The molecule has 2 nitrogen and oxygen atoms in total. The third kappa shape index (κ3) is 2.68. The number of hydrogen-bond donors (Lipinski definition) is 1. The van der Waals surface area contributed by atoms with Crippen LogP contribution in [0, 0.1) is 20.8 Å². The molecule has 2 rings (SSSR count). The lowest BCUT2D eigenvalue weighted by molar-refractivity contribution is 0.0963. The van der Waals surface area contributed by atoms with E-state index in [2.05, 4.69) is 44.3 Å². The van der Waals surface area contributed by atoms with E-state index in [0.717, 1.165) is 5.56 Å². The number of carbonyl (C=O) groups excluding carboxylic acids is 1. The molecule has 0 radical (unpaired) electrons. The Bertz CT molecular complexity index is 606. The van der Waals surface area contributed by atoms with Gasteiger partial charge in [-0.15, -0.1) is 0 Å². The first-order valence-electron chi connectivity index (χ1n) is 6.43. The summed E-state index contributed by atoms with van der Waals surface area (Å²) in [5.74, 6) is -0.0516. The van der Waals surface area contributed by atoms with Crippen molar-refractivity contribution in [3.63, 3.8) is 0 Å². The number of nitrogens with one attached hydrogen (secondary N) is 1. The molecule has 0 heterocycles. The predicted molar refractivity (Wildman–Crippen MR) is 79.5 cm³/mol. The van der Waals surface area contributed by atoms with E-state index < -0.39 is 0 Å². The molecule has 2 heteroatoms. The maximum atomic E-state index is 11.7. The second kappa shape index (κ2) is 5.27. The minimum Gasteiger partial charge on any atom is -0.355 e. The van der Waals surface area contributed by atoms with E-state index in [4.69, 9.17) is 0 Å². The van der Waals surface area contributed by atoms with E-state index in [9.17, 15) is 4.79 Å². The third-order valence-corrected chi connectivity index (χ3v) is 3.32. The highest BCUT2D eigenvalue weighted by atomic mass is 16.1. The van der Waals surface area contributed by atoms with Crippen molar-refractivity contribution in [3.8, 4) is 11.1 Å². The van der Waals surface area contributed by atoms with Crippen LogP contribution in [0.1, 0.15) is 27.0 Å². The summed E-state index contributed by atoms with van der Waals surface area (Å²) in [5, 5.41) is 2.66. The monoisotopic (exact) mass is 253 g/mol. The summed E-state index contributed by atoms with van der Waals surface area (Å²) in [6.45, 7) is 6.33. The zero-order chi connectivity index (χ0) is 14.0. The van der Waals surface area contributed by atoms with Gasteiger partial charge in [0.05, 0.1) is 0 Å². The topological polar surface area (TPSA) is 29.1 Å². The summed E-state index contributed by atoms with van der Waals surface area (Å²) in [6.07, 6.45) is 0. The van der Waals surface area contributed by atoms with Crippen LogP contribution in [0.5, 0.6) is 0 Å². The second-order valence-electron chi connectivity index (χ2n) is 4.93. The Balaban J connectivity index is 2.57. The van der Waals surface area contributed by atoms with Crippen LogP contribution < -0.4 is 5.32 Å². The summed E-state index contributed by atoms with van der Waals surface area (Å²) in [6, 6.07) is 12.1. The van der Waals surface area contributed by atoms with Crippen molar-refractivity contribution < 1.29 is 4.79 Å². The Kier molecular flexibility index (Phi) is 3.70. The van der Waals surface area contributed by atoms with E-state index >= 15 is 0 Å². The van der Waals surface area contributed by atoms with Gasteiger partial charge in [0.15, 0.2) is 0 Å². The fourth-order valence-electron chi connectivity index (χ4n) is 2.60. The summed E-state index contributed by atoms with van der Waals surface area (Å²) in [7, 11) is 1.65. The molecule has 19 heavy (non-hydrogen) atoms. The smallest absolute Gasteiger partial charge is 0.251 e. The van der Waals surface area contributed by atoms with Crippen LogP contribution in [-0.2, 0) is 0 Å². The number of amides is 1. The van der Waals surface area contributed by atoms with E-state index in [1.54, 1.807) is 7.05 Å². The summed E-state index contributed by atoms with van der Waals surface area (Å²) < 4.78 is 0. The Hall–Kier alpha value is -2.09. The van der Waals surface area contributed by atoms with Gasteiger partial charge in [0.25, 0.3) is 5.91 Å². The SMILES string of the molecule is CNC(=O)c1cccc(-c2c(C)cc(C)cc2C)c1. The van der Waals surface area contributed by atoms with Crippen LogP contribution in [0.4, 0.5) is 0 Å². The molecule has 2 aromatic rings. The quantitative estimate of drug-likeness (QED) is 0.870. The molecule has 0 saturated carbocycles. The molecule has 0 aliphatic heterocycles. The number of hydrogen-bond acceptors (Lipinski definition) is 1. The Morgan fingerprint density at radius 1 is 1.00 bits per heavy atom. The van der Waals surface area contributed by atoms with E-state index in [-0.39, 0.29) is 5.91 Å². The van der Waals surface area contributed by atoms with Crippen LogP contribution in [0.2, 0.25) is 0 Å². The fourth-order valence-corrected chi connectivity index (χ4v) is 2.60. The third-order valence-electron chi connectivity index (χ3n) is 3.32. The summed E-state index contributed by atoms with van der Waals surface area (Å²) in [5.41, 5.74) is 6.76.